The first-order valence-corrected chi connectivity index (χ1v) is 11.8. The quantitative estimate of drug-likeness (QED) is 0.245. The number of fused-ring (bicyclic) bond motifs is 1. The highest BCUT2D eigenvalue weighted by molar-refractivity contribution is 6.31. The first-order chi connectivity index (χ1) is 18.3. The Morgan fingerprint density at radius 1 is 0.895 bits per heavy atom. The molecular formula is C26H22ClN3O8. The van der Waals surface area contributed by atoms with Gasteiger partial charge in [0.05, 0.1) is 37.6 Å². The van der Waals surface area contributed by atoms with Crippen molar-refractivity contribution in [2.24, 2.45) is 5.92 Å². The maximum absolute atomic E-state index is 13.9. The number of ether oxygens (including phenoxy) is 3. The van der Waals surface area contributed by atoms with E-state index >= 15 is 0 Å². The molecule has 2 heterocycles. The van der Waals surface area contributed by atoms with Crippen LogP contribution in [-0.2, 0) is 14.4 Å². The van der Waals surface area contributed by atoms with Gasteiger partial charge >= 0.3 is 0 Å². The number of nitro benzene ring substituents is 1. The zero-order chi connectivity index (χ0) is 27.1. The molecule has 12 heteroatoms. The minimum atomic E-state index is -1.21. The van der Waals surface area contributed by atoms with Crippen molar-refractivity contribution in [2.75, 3.05) is 31.3 Å². The van der Waals surface area contributed by atoms with E-state index in [-0.39, 0.29) is 22.9 Å². The van der Waals surface area contributed by atoms with Gasteiger partial charge in [-0.1, -0.05) is 23.7 Å². The molecular weight excluding hydrogens is 518 g/mol. The number of hydrogen-bond donors (Lipinski definition) is 0. The second-order valence-corrected chi connectivity index (χ2v) is 8.95. The number of benzene rings is 3. The molecule has 0 spiro atoms. The van der Waals surface area contributed by atoms with Crippen molar-refractivity contribution < 1.29 is 33.6 Å². The van der Waals surface area contributed by atoms with E-state index in [4.69, 9.17) is 30.6 Å². The fraction of sp³-hybridized carbons (Fsp3) is 0.231. The Kier molecular flexibility index (Phi) is 6.55. The molecule has 0 aliphatic carbocycles. The highest BCUT2D eigenvalue weighted by Gasteiger charge is 2.61. The second-order valence-electron chi connectivity index (χ2n) is 8.51. The molecule has 0 unspecified atom stereocenters. The number of nitro groups is 1. The number of hydrogen-bond acceptors (Lipinski definition) is 9. The molecule has 2 saturated heterocycles. The van der Waals surface area contributed by atoms with Crippen molar-refractivity contribution in [1.29, 1.82) is 0 Å². The van der Waals surface area contributed by atoms with Crippen LogP contribution in [0.2, 0.25) is 5.02 Å². The van der Waals surface area contributed by atoms with Gasteiger partial charge < -0.3 is 14.2 Å². The average molecular weight is 540 g/mol. The SMILES string of the molecule is COc1ccc([C@@H]2[C@@H]3C(=O)N(c4cccc(Cl)c4)C(=O)[C@H]3ON2c2cccc([N+](=O)[O-])c2)c(OC)c1OC. The van der Waals surface area contributed by atoms with E-state index in [9.17, 15) is 19.7 Å². The summed E-state index contributed by atoms with van der Waals surface area (Å²) in [5, 5.41) is 13.2. The number of anilines is 2. The van der Waals surface area contributed by atoms with E-state index in [2.05, 4.69) is 0 Å². The van der Waals surface area contributed by atoms with Gasteiger partial charge in [-0.2, -0.15) is 0 Å². The van der Waals surface area contributed by atoms with Crippen molar-refractivity contribution in [3.63, 3.8) is 0 Å². The molecule has 2 fully saturated rings. The number of methoxy groups -OCH3 is 3. The number of nitrogens with zero attached hydrogens (tertiary/aromatic N) is 3. The molecule has 5 rings (SSSR count). The third-order valence-electron chi connectivity index (χ3n) is 6.53. The number of rotatable bonds is 7. The molecule has 3 atom stereocenters. The number of imide groups is 1. The molecule has 2 aliphatic heterocycles. The van der Waals surface area contributed by atoms with Crippen LogP contribution in [0.15, 0.2) is 60.7 Å². The number of carbonyl (C=O) groups excluding carboxylic acids is 2. The van der Waals surface area contributed by atoms with Crippen molar-refractivity contribution in [2.45, 2.75) is 12.1 Å². The van der Waals surface area contributed by atoms with E-state index in [1.54, 1.807) is 36.4 Å². The smallest absolute Gasteiger partial charge is 0.271 e. The van der Waals surface area contributed by atoms with Gasteiger partial charge in [0.2, 0.25) is 11.7 Å². The first kappa shape index (κ1) is 25.3. The predicted molar refractivity (Wildman–Crippen MR) is 137 cm³/mol. The monoisotopic (exact) mass is 539 g/mol. The van der Waals surface area contributed by atoms with E-state index in [0.29, 0.717) is 22.0 Å². The van der Waals surface area contributed by atoms with Crippen LogP contribution in [0.25, 0.3) is 0 Å². The van der Waals surface area contributed by atoms with Gasteiger partial charge in [-0.25, -0.2) is 9.96 Å². The van der Waals surface area contributed by atoms with Crippen LogP contribution in [0, 0.1) is 16.0 Å². The summed E-state index contributed by atoms with van der Waals surface area (Å²) < 4.78 is 16.6. The fourth-order valence-corrected chi connectivity index (χ4v) is 5.11. The first-order valence-electron chi connectivity index (χ1n) is 11.4. The normalized spacial score (nSPS) is 20.5. The molecule has 3 aromatic rings. The Morgan fingerprint density at radius 2 is 1.61 bits per heavy atom. The van der Waals surface area contributed by atoms with Gasteiger partial charge in [0.1, 0.15) is 12.0 Å². The third-order valence-corrected chi connectivity index (χ3v) is 6.77. The van der Waals surface area contributed by atoms with Gasteiger partial charge in [-0.15, -0.1) is 0 Å². The van der Waals surface area contributed by atoms with Crippen LogP contribution < -0.4 is 24.2 Å². The molecule has 2 amide bonds. The summed E-state index contributed by atoms with van der Waals surface area (Å²) in [4.78, 5) is 45.5. The second kappa shape index (κ2) is 9.84. The highest BCUT2D eigenvalue weighted by atomic mass is 35.5. The summed E-state index contributed by atoms with van der Waals surface area (Å²) in [6.07, 6.45) is -1.21. The molecule has 0 radical (unpaired) electrons. The lowest BCUT2D eigenvalue weighted by molar-refractivity contribution is -0.384. The van der Waals surface area contributed by atoms with Crippen molar-refractivity contribution >= 4 is 40.5 Å². The Morgan fingerprint density at radius 3 is 2.26 bits per heavy atom. The van der Waals surface area contributed by atoms with Gasteiger partial charge in [0.15, 0.2) is 17.6 Å². The maximum Gasteiger partial charge on any atom is 0.271 e. The minimum Gasteiger partial charge on any atom is -0.493 e. The van der Waals surface area contributed by atoms with Crippen molar-refractivity contribution in [3.05, 3.63) is 81.4 Å². The van der Waals surface area contributed by atoms with Crippen LogP contribution in [0.5, 0.6) is 17.2 Å². The van der Waals surface area contributed by atoms with E-state index < -0.39 is 34.8 Å². The molecule has 0 saturated carbocycles. The van der Waals surface area contributed by atoms with E-state index in [1.165, 1.54) is 50.7 Å². The Hall–Kier alpha value is -4.35. The largest absolute Gasteiger partial charge is 0.493 e. The van der Waals surface area contributed by atoms with Crippen LogP contribution in [0.1, 0.15) is 11.6 Å². The van der Waals surface area contributed by atoms with Gasteiger partial charge in [0, 0.05) is 22.7 Å². The van der Waals surface area contributed by atoms with Gasteiger partial charge in [-0.3, -0.25) is 24.5 Å². The van der Waals surface area contributed by atoms with Crippen LogP contribution >= 0.6 is 11.6 Å². The molecule has 196 valence electrons. The number of amides is 2. The Bertz CT molecular complexity index is 1450. The lowest BCUT2D eigenvalue weighted by Gasteiger charge is -2.30. The van der Waals surface area contributed by atoms with Gasteiger partial charge in [-0.05, 0) is 36.4 Å². The minimum absolute atomic E-state index is 0.181. The lowest BCUT2D eigenvalue weighted by Crippen LogP contribution is -2.37. The van der Waals surface area contributed by atoms with Crippen LogP contribution in [0.4, 0.5) is 17.1 Å². The van der Waals surface area contributed by atoms with Crippen molar-refractivity contribution in [1.82, 2.24) is 0 Å². The molecule has 0 bridgehead atoms. The maximum atomic E-state index is 13.9. The lowest BCUT2D eigenvalue weighted by atomic mass is 9.89. The summed E-state index contributed by atoms with van der Waals surface area (Å²) >= 11 is 6.12. The summed E-state index contributed by atoms with van der Waals surface area (Å²) in [5.74, 6) is -1.19. The van der Waals surface area contributed by atoms with E-state index in [0.717, 1.165) is 4.90 Å². The number of halogens is 1. The van der Waals surface area contributed by atoms with Crippen LogP contribution in [-0.4, -0.2) is 44.2 Å². The van der Waals surface area contributed by atoms with E-state index in [1.807, 2.05) is 0 Å². The van der Waals surface area contributed by atoms with Crippen LogP contribution in [0.3, 0.4) is 0 Å². The number of non-ortho nitro benzene ring substituents is 1. The summed E-state index contributed by atoms with van der Waals surface area (Å²) in [7, 11) is 4.36. The molecule has 3 aromatic carbocycles. The summed E-state index contributed by atoms with van der Waals surface area (Å²) in [6.45, 7) is 0. The zero-order valence-electron chi connectivity index (χ0n) is 20.5. The van der Waals surface area contributed by atoms with Crippen molar-refractivity contribution in [3.8, 4) is 17.2 Å². The molecule has 2 aliphatic rings. The third kappa shape index (κ3) is 3.96. The molecule has 0 N–H and O–H groups in total. The molecule has 0 aromatic heterocycles. The Labute approximate surface area is 222 Å². The average Bonchev–Trinajstić information content (AvgIpc) is 3.43. The predicted octanol–water partition coefficient (Wildman–Crippen LogP) is 4.33. The topological polar surface area (TPSA) is 121 Å². The molecule has 38 heavy (non-hydrogen) atoms. The molecule has 11 nitrogen and oxygen atoms in total. The Balaban J connectivity index is 1.68. The summed E-state index contributed by atoms with van der Waals surface area (Å²) in [6, 6.07) is 14.5. The van der Waals surface area contributed by atoms with Gasteiger partial charge in [0.25, 0.3) is 11.6 Å². The fourth-order valence-electron chi connectivity index (χ4n) is 4.92. The number of carbonyl (C=O) groups is 2. The summed E-state index contributed by atoms with van der Waals surface area (Å²) in [5.41, 5.74) is 0.869. The highest BCUT2D eigenvalue weighted by Crippen LogP contribution is 2.53. The standard InChI is InChI=1S/C26H22ClN3O8/c1-35-19-11-10-18(22(36-2)23(19)37-3)21-20-24(38-29(21)16-8-5-9-17(13-16)30(33)34)26(32)28(25(20)31)15-7-4-6-14(27)12-15/h4-13,20-21,24H,1-3H3/t20-,21+,24-/m0/s1. The number of hydroxylamine groups is 1. The zero-order valence-corrected chi connectivity index (χ0v) is 21.2.